The number of aromatic nitrogens is 1. The normalized spacial score (nSPS) is 13.2. The van der Waals surface area contributed by atoms with Gasteiger partial charge in [-0.25, -0.2) is 0 Å². The number of aromatic amines is 1. The number of rotatable bonds is 8. The first-order valence-electron chi connectivity index (χ1n) is 9.87. The highest BCUT2D eigenvalue weighted by molar-refractivity contribution is 6.31. The number of nitrogens with zero attached hydrogens (tertiary/aromatic N) is 1. The number of carbonyl (C=O) groups excluding carboxylic acids is 2. The van der Waals surface area contributed by atoms with Crippen molar-refractivity contribution in [2.75, 3.05) is 20.6 Å². The highest BCUT2D eigenvalue weighted by Gasteiger charge is 2.24. The van der Waals surface area contributed by atoms with E-state index in [2.05, 4.69) is 15.6 Å². The van der Waals surface area contributed by atoms with Crippen molar-refractivity contribution in [1.29, 1.82) is 0 Å². The number of amides is 2. The van der Waals surface area contributed by atoms with Gasteiger partial charge in [-0.1, -0.05) is 48.0 Å². The van der Waals surface area contributed by atoms with Crippen LogP contribution in [0.3, 0.4) is 0 Å². The number of H-pyrrole nitrogens is 1. The first kappa shape index (κ1) is 21.9. The Morgan fingerprint density at radius 1 is 1.10 bits per heavy atom. The summed E-state index contributed by atoms with van der Waals surface area (Å²) < 4.78 is 0. The Morgan fingerprint density at radius 2 is 1.80 bits per heavy atom. The van der Waals surface area contributed by atoms with Gasteiger partial charge in [-0.15, -0.1) is 0 Å². The molecule has 30 heavy (non-hydrogen) atoms. The molecule has 0 spiro atoms. The van der Waals surface area contributed by atoms with Gasteiger partial charge in [0.1, 0.15) is 6.04 Å². The number of nitrogens with one attached hydrogen (secondary N) is 3. The summed E-state index contributed by atoms with van der Waals surface area (Å²) in [4.78, 5) is 30.0. The van der Waals surface area contributed by atoms with Gasteiger partial charge < -0.3 is 20.5 Å². The van der Waals surface area contributed by atoms with E-state index in [-0.39, 0.29) is 17.9 Å². The lowest BCUT2D eigenvalue weighted by Crippen LogP contribution is -2.49. The average molecular weight is 427 g/mol. The summed E-state index contributed by atoms with van der Waals surface area (Å²) in [5.41, 5.74) is 2.92. The van der Waals surface area contributed by atoms with Gasteiger partial charge >= 0.3 is 0 Å². The molecule has 3 aromatic rings. The fraction of sp³-hybridized carbons (Fsp3) is 0.304. The zero-order valence-corrected chi connectivity index (χ0v) is 18.2. The molecular formula is C23H27ClN4O2. The largest absolute Gasteiger partial charge is 0.361 e. The molecule has 0 aliphatic heterocycles. The third-order valence-electron chi connectivity index (χ3n) is 5.15. The number of benzene rings is 2. The Kier molecular flexibility index (Phi) is 7.13. The van der Waals surface area contributed by atoms with Gasteiger partial charge in [-0.3, -0.25) is 9.59 Å². The standard InChI is InChI=1S/C23H27ClN4O2/c1-15(29)27-21(12-16-13-25-20-11-7-5-8-17(16)20)23(30)26-14-22(28(2)3)18-9-4-6-10-19(18)24/h4-11,13,21-22,25H,12,14H2,1-3H3,(H,26,30)(H,27,29)/t21-,22+/m1/s1. The minimum absolute atomic E-state index is 0.0892. The van der Waals surface area contributed by atoms with Crippen LogP contribution in [0, 0.1) is 0 Å². The Morgan fingerprint density at radius 3 is 2.50 bits per heavy atom. The maximum absolute atomic E-state index is 13.0. The molecule has 2 amide bonds. The third kappa shape index (κ3) is 5.20. The van der Waals surface area contributed by atoms with Crippen molar-refractivity contribution in [2.45, 2.75) is 25.4 Å². The highest BCUT2D eigenvalue weighted by atomic mass is 35.5. The van der Waals surface area contributed by atoms with Gasteiger partial charge in [0, 0.05) is 42.0 Å². The van der Waals surface area contributed by atoms with Crippen LogP contribution in [0.4, 0.5) is 0 Å². The number of para-hydroxylation sites is 1. The third-order valence-corrected chi connectivity index (χ3v) is 5.49. The molecule has 7 heteroatoms. The van der Waals surface area contributed by atoms with Crippen LogP contribution in [-0.4, -0.2) is 48.4 Å². The molecule has 0 saturated carbocycles. The number of likely N-dealkylation sites (N-methyl/N-ethyl adjacent to an activating group) is 1. The molecule has 0 aliphatic carbocycles. The van der Waals surface area contributed by atoms with E-state index in [1.165, 1.54) is 6.92 Å². The van der Waals surface area contributed by atoms with E-state index in [1.807, 2.05) is 73.7 Å². The topological polar surface area (TPSA) is 77.2 Å². The fourth-order valence-electron chi connectivity index (χ4n) is 3.61. The molecule has 1 aromatic heterocycles. The van der Waals surface area contributed by atoms with Crippen molar-refractivity contribution in [3.8, 4) is 0 Å². The summed E-state index contributed by atoms with van der Waals surface area (Å²) in [5, 5.41) is 7.47. The predicted molar refractivity (Wildman–Crippen MR) is 120 cm³/mol. The molecule has 0 unspecified atom stereocenters. The summed E-state index contributed by atoms with van der Waals surface area (Å²) in [6.45, 7) is 1.79. The van der Waals surface area contributed by atoms with Crippen LogP contribution in [0.5, 0.6) is 0 Å². The number of hydrogen-bond donors (Lipinski definition) is 3. The molecule has 3 N–H and O–H groups in total. The molecule has 1 heterocycles. The summed E-state index contributed by atoms with van der Waals surface area (Å²) in [6.07, 6.45) is 2.29. The van der Waals surface area contributed by atoms with E-state index in [1.54, 1.807) is 0 Å². The molecule has 6 nitrogen and oxygen atoms in total. The molecule has 0 bridgehead atoms. The predicted octanol–water partition coefficient (Wildman–Crippen LogP) is 3.29. The molecule has 0 radical (unpaired) electrons. The van der Waals surface area contributed by atoms with E-state index in [4.69, 9.17) is 11.6 Å². The molecule has 0 aliphatic rings. The molecule has 3 rings (SSSR count). The van der Waals surface area contributed by atoms with Crippen LogP contribution in [0.25, 0.3) is 10.9 Å². The number of carbonyl (C=O) groups is 2. The molecule has 158 valence electrons. The molecular weight excluding hydrogens is 400 g/mol. The van der Waals surface area contributed by atoms with Crippen molar-refractivity contribution in [1.82, 2.24) is 20.5 Å². The van der Waals surface area contributed by atoms with E-state index in [0.717, 1.165) is 22.0 Å². The van der Waals surface area contributed by atoms with Gasteiger partial charge in [0.2, 0.25) is 11.8 Å². The first-order chi connectivity index (χ1) is 14.4. The van der Waals surface area contributed by atoms with Crippen molar-refractivity contribution < 1.29 is 9.59 Å². The minimum Gasteiger partial charge on any atom is -0.361 e. The fourth-order valence-corrected chi connectivity index (χ4v) is 3.87. The summed E-state index contributed by atoms with van der Waals surface area (Å²) in [5.74, 6) is -0.473. The number of fused-ring (bicyclic) bond motifs is 1. The van der Waals surface area contributed by atoms with Crippen LogP contribution >= 0.6 is 11.6 Å². The molecule has 2 atom stereocenters. The SMILES string of the molecule is CC(=O)N[C@H](Cc1c[nH]c2ccccc12)C(=O)NC[C@@H](c1ccccc1Cl)N(C)C. The molecule has 2 aromatic carbocycles. The summed E-state index contributed by atoms with van der Waals surface area (Å²) in [7, 11) is 3.88. The Bertz CT molecular complexity index is 1030. The average Bonchev–Trinajstić information content (AvgIpc) is 3.11. The maximum Gasteiger partial charge on any atom is 0.242 e. The Labute approximate surface area is 181 Å². The second-order valence-electron chi connectivity index (χ2n) is 7.56. The quantitative estimate of drug-likeness (QED) is 0.517. The van der Waals surface area contributed by atoms with E-state index >= 15 is 0 Å². The minimum atomic E-state index is -0.671. The van der Waals surface area contributed by atoms with Crippen molar-refractivity contribution in [3.63, 3.8) is 0 Å². The first-order valence-corrected chi connectivity index (χ1v) is 10.2. The van der Waals surface area contributed by atoms with Crippen molar-refractivity contribution >= 4 is 34.3 Å². The van der Waals surface area contributed by atoms with Gasteiger partial charge in [0.15, 0.2) is 0 Å². The second kappa shape index (κ2) is 9.78. The van der Waals surface area contributed by atoms with E-state index in [9.17, 15) is 9.59 Å². The Hall–Kier alpha value is -2.83. The van der Waals surface area contributed by atoms with Gasteiger partial charge in [0.05, 0.1) is 6.04 Å². The van der Waals surface area contributed by atoms with Crippen LogP contribution in [0.1, 0.15) is 24.1 Å². The highest BCUT2D eigenvalue weighted by Crippen LogP contribution is 2.25. The lowest BCUT2D eigenvalue weighted by molar-refractivity contribution is -0.128. The monoisotopic (exact) mass is 426 g/mol. The van der Waals surface area contributed by atoms with Crippen molar-refractivity contribution in [3.05, 3.63) is 70.9 Å². The van der Waals surface area contributed by atoms with Crippen LogP contribution < -0.4 is 10.6 Å². The smallest absolute Gasteiger partial charge is 0.242 e. The van der Waals surface area contributed by atoms with Crippen LogP contribution in [0.2, 0.25) is 5.02 Å². The van der Waals surface area contributed by atoms with E-state index in [0.29, 0.717) is 18.0 Å². The van der Waals surface area contributed by atoms with Gasteiger partial charge in [-0.2, -0.15) is 0 Å². The lowest BCUT2D eigenvalue weighted by Gasteiger charge is -2.27. The molecule has 0 fully saturated rings. The maximum atomic E-state index is 13.0. The van der Waals surface area contributed by atoms with Gasteiger partial charge in [-0.05, 0) is 37.4 Å². The van der Waals surface area contributed by atoms with Crippen LogP contribution in [0.15, 0.2) is 54.7 Å². The van der Waals surface area contributed by atoms with Gasteiger partial charge in [0.25, 0.3) is 0 Å². The second-order valence-corrected chi connectivity index (χ2v) is 7.97. The molecule has 0 saturated heterocycles. The Balaban J connectivity index is 1.75. The van der Waals surface area contributed by atoms with Crippen LogP contribution in [-0.2, 0) is 16.0 Å². The summed E-state index contributed by atoms with van der Waals surface area (Å²) >= 11 is 6.36. The number of hydrogen-bond acceptors (Lipinski definition) is 3. The number of halogens is 1. The summed E-state index contributed by atoms with van der Waals surface area (Å²) in [6, 6.07) is 14.7. The zero-order chi connectivity index (χ0) is 21.7. The lowest BCUT2D eigenvalue weighted by atomic mass is 10.0. The van der Waals surface area contributed by atoms with Crippen molar-refractivity contribution in [2.24, 2.45) is 0 Å². The van der Waals surface area contributed by atoms with E-state index < -0.39 is 6.04 Å². The zero-order valence-electron chi connectivity index (χ0n) is 17.4.